The van der Waals surface area contributed by atoms with Gasteiger partial charge in [0.2, 0.25) is 0 Å². The Hall–Kier alpha value is -3.73. The normalized spacial score (nSPS) is 14.1. The number of nitrogens with zero attached hydrogens (tertiary/aromatic N) is 1. The number of amides is 2. The Balaban J connectivity index is 1.41. The van der Waals surface area contributed by atoms with Crippen LogP contribution in [0.15, 0.2) is 84.0 Å². The van der Waals surface area contributed by atoms with E-state index in [-0.39, 0.29) is 11.8 Å². The molecule has 2 amide bonds. The number of fused-ring (bicyclic) bond motifs is 1. The second-order valence-corrected chi connectivity index (χ2v) is 6.91. The number of carbonyl (C=O) groups is 2. The zero-order chi connectivity index (χ0) is 20.1. The number of hydrogen-bond donors (Lipinski definition) is 2. The fraction of sp³-hybridized carbons (Fsp3) is 0.125. The van der Waals surface area contributed by atoms with Crippen molar-refractivity contribution in [3.63, 3.8) is 0 Å². The Morgan fingerprint density at radius 3 is 2.21 bits per heavy atom. The molecule has 29 heavy (non-hydrogen) atoms. The SMILES string of the molecule is O=C(N/N=C1/CCCc2ccccc21)c1ccc(NC(=O)c2ccccc2)cc1. The van der Waals surface area contributed by atoms with Crippen molar-refractivity contribution in [3.8, 4) is 0 Å². The molecule has 2 N–H and O–H groups in total. The van der Waals surface area contributed by atoms with E-state index in [0.29, 0.717) is 16.8 Å². The summed E-state index contributed by atoms with van der Waals surface area (Å²) < 4.78 is 0. The fourth-order valence-corrected chi connectivity index (χ4v) is 3.40. The lowest BCUT2D eigenvalue weighted by Crippen LogP contribution is -2.22. The van der Waals surface area contributed by atoms with Crippen LogP contribution in [-0.4, -0.2) is 17.5 Å². The first kappa shape index (κ1) is 18.6. The molecule has 0 heterocycles. The van der Waals surface area contributed by atoms with Gasteiger partial charge in [0.1, 0.15) is 0 Å². The van der Waals surface area contributed by atoms with Crippen molar-refractivity contribution in [1.82, 2.24) is 5.43 Å². The molecule has 0 bridgehead atoms. The monoisotopic (exact) mass is 383 g/mol. The van der Waals surface area contributed by atoms with Gasteiger partial charge in [0, 0.05) is 22.4 Å². The molecule has 0 aliphatic heterocycles. The van der Waals surface area contributed by atoms with Crippen LogP contribution >= 0.6 is 0 Å². The standard InChI is InChI=1S/C24H21N3O2/c28-23(18-8-2-1-3-9-18)25-20-15-13-19(14-16-20)24(29)27-26-22-12-6-10-17-7-4-5-11-21(17)22/h1-5,7-9,11,13-16H,6,10,12H2,(H,25,28)(H,27,29)/b26-22-. The highest BCUT2D eigenvalue weighted by atomic mass is 16.2. The van der Waals surface area contributed by atoms with Crippen molar-refractivity contribution in [2.45, 2.75) is 19.3 Å². The molecule has 3 aromatic carbocycles. The molecule has 1 aliphatic carbocycles. The van der Waals surface area contributed by atoms with Gasteiger partial charge in [0.05, 0.1) is 5.71 Å². The predicted molar refractivity (Wildman–Crippen MR) is 114 cm³/mol. The summed E-state index contributed by atoms with van der Waals surface area (Å²) >= 11 is 0. The quantitative estimate of drug-likeness (QED) is 0.655. The lowest BCUT2D eigenvalue weighted by molar-refractivity contribution is 0.0954. The minimum Gasteiger partial charge on any atom is -0.322 e. The predicted octanol–water partition coefficient (Wildman–Crippen LogP) is 4.41. The molecule has 0 spiro atoms. The smallest absolute Gasteiger partial charge is 0.271 e. The molecule has 0 atom stereocenters. The minimum atomic E-state index is -0.276. The summed E-state index contributed by atoms with van der Waals surface area (Å²) in [4.78, 5) is 24.7. The second-order valence-electron chi connectivity index (χ2n) is 6.91. The number of rotatable bonds is 4. The van der Waals surface area contributed by atoms with Crippen molar-refractivity contribution >= 4 is 23.2 Å². The Morgan fingerprint density at radius 2 is 1.41 bits per heavy atom. The number of anilines is 1. The number of hydrogen-bond acceptors (Lipinski definition) is 3. The zero-order valence-corrected chi connectivity index (χ0v) is 15.9. The Labute approximate surface area is 169 Å². The van der Waals surface area contributed by atoms with E-state index in [1.165, 1.54) is 5.56 Å². The molecule has 5 heteroatoms. The van der Waals surface area contributed by atoms with Crippen LogP contribution in [0.3, 0.4) is 0 Å². The van der Waals surface area contributed by atoms with E-state index in [2.05, 4.69) is 21.9 Å². The molecule has 3 aromatic rings. The lowest BCUT2D eigenvalue weighted by Gasteiger charge is -2.17. The van der Waals surface area contributed by atoms with Crippen molar-refractivity contribution < 1.29 is 9.59 Å². The van der Waals surface area contributed by atoms with Gasteiger partial charge in [-0.3, -0.25) is 9.59 Å². The molecule has 144 valence electrons. The van der Waals surface area contributed by atoms with Gasteiger partial charge in [0.15, 0.2) is 0 Å². The highest BCUT2D eigenvalue weighted by molar-refractivity contribution is 6.05. The number of aryl methyl sites for hydroxylation is 1. The van der Waals surface area contributed by atoms with Gasteiger partial charge in [-0.25, -0.2) is 5.43 Å². The van der Waals surface area contributed by atoms with Crippen molar-refractivity contribution in [2.75, 3.05) is 5.32 Å². The van der Waals surface area contributed by atoms with Crippen LogP contribution in [0.1, 0.15) is 44.7 Å². The van der Waals surface area contributed by atoms with Crippen LogP contribution in [0.4, 0.5) is 5.69 Å². The summed E-state index contributed by atoms with van der Waals surface area (Å²) in [5, 5.41) is 7.18. The maximum atomic E-state index is 12.4. The molecule has 0 saturated heterocycles. The molecule has 4 rings (SSSR count). The average molecular weight is 383 g/mol. The second kappa shape index (κ2) is 8.52. The molecule has 0 saturated carbocycles. The van der Waals surface area contributed by atoms with Crippen LogP contribution in [0.25, 0.3) is 0 Å². The molecule has 5 nitrogen and oxygen atoms in total. The average Bonchev–Trinajstić information content (AvgIpc) is 2.78. The maximum Gasteiger partial charge on any atom is 0.271 e. The molecule has 0 radical (unpaired) electrons. The van der Waals surface area contributed by atoms with Crippen molar-refractivity contribution in [1.29, 1.82) is 0 Å². The summed E-state index contributed by atoms with van der Waals surface area (Å²) in [5.41, 5.74) is 7.64. The molecule has 0 fully saturated rings. The van der Waals surface area contributed by atoms with E-state index in [0.717, 1.165) is 30.5 Å². The van der Waals surface area contributed by atoms with Crippen LogP contribution in [0, 0.1) is 0 Å². The molecule has 1 aliphatic rings. The number of nitrogens with one attached hydrogen (secondary N) is 2. The van der Waals surface area contributed by atoms with E-state index in [9.17, 15) is 9.59 Å². The van der Waals surface area contributed by atoms with E-state index in [1.807, 2.05) is 36.4 Å². The van der Waals surface area contributed by atoms with Crippen LogP contribution in [-0.2, 0) is 6.42 Å². The Bertz CT molecular complexity index is 1060. The van der Waals surface area contributed by atoms with E-state index >= 15 is 0 Å². The van der Waals surface area contributed by atoms with Gasteiger partial charge in [0.25, 0.3) is 11.8 Å². The van der Waals surface area contributed by atoms with E-state index < -0.39 is 0 Å². The number of benzene rings is 3. The van der Waals surface area contributed by atoms with Gasteiger partial charge in [-0.1, -0.05) is 42.5 Å². The summed E-state index contributed by atoms with van der Waals surface area (Å²) in [7, 11) is 0. The Morgan fingerprint density at radius 1 is 0.724 bits per heavy atom. The molecular weight excluding hydrogens is 362 g/mol. The summed E-state index contributed by atoms with van der Waals surface area (Å²) in [5.74, 6) is -0.466. The largest absolute Gasteiger partial charge is 0.322 e. The topological polar surface area (TPSA) is 70.6 Å². The highest BCUT2D eigenvalue weighted by Crippen LogP contribution is 2.21. The van der Waals surface area contributed by atoms with Crippen molar-refractivity contribution in [3.05, 3.63) is 101 Å². The van der Waals surface area contributed by atoms with Crippen LogP contribution < -0.4 is 10.7 Å². The third-order valence-corrected chi connectivity index (χ3v) is 4.92. The van der Waals surface area contributed by atoms with E-state index in [1.54, 1.807) is 36.4 Å². The first-order valence-corrected chi connectivity index (χ1v) is 9.62. The van der Waals surface area contributed by atoms with Gasteiger partial charge in [-0.15, -0.1) is 0 Å². The first-order chi connectivity index (χ1) is 14.2. The molecule has 0 unspecified atom stereocenters. The lowest BCUT2D eigenvalue weighted by atomic mass is 9.90. The van der Waals surface area contributed by atoms with Crippen LogP contribution in [0.2, 0.25) is 0 Å². The third kappa shape index (κ3) is 4.41. The minimum absolute atomic E-state index is 0.190. The van der Waals surface area contributed by atoms with Crippen LogP contribution in [0.5, 0.6) is 0 Å². The van der Waals surface area contributed by atoms with Gasteiger partial charge >= 0.3 is 0 Å². The number of carbonyl (C=O) groups excluding carboxylic acids is 2. The van der Waals surface area contributed by atoms with Gasteiger partial charge in [-0.05, 0) is 61.2 Å². The van der Waals surface area contributed by atoms with E-state index in [4.69, 9.17) is 0 Å². The summed E-state index contributed by atoms with van der Waals surface area (Å²) in [6.07, 6.45) is 2.92. The number of hydrazone groups is 1. The van der Waals surface area contributed by atoms with Gasteiger partial charge < -0.3 is 5.32 Å². The molecular formula is C24H21N3O2. The molecule has 0 aromatic heterocycles. The summed E-state index contributed by atoms with van der Waals surface area (Å²) in [6, 6.07) is 23.9. The highest BCUT2D eigenvalue weighted by Gasteiger charge is 2.15. The Kier molecular flexibility index (Phi) is 5.47. The van der Waals surface area contributed by atoms with Gasteiger partial charge in [-0.2, -0.15) is 5.10 Å². The third-order valence-electron chi connectivity index (χ3n) is 4.92. The van der Waals surface area contributed by atoms with Crippen molar-refractivity contribution in [2.24, 2.45) is 5.10 Å². The first-order valence-electron chi connectivity index (χ1n) is 9.62. The summed E-state index contributed by atoms with van der Waals surface area (Å²) in [6.45, 7) is 0. The zero-order valence-electron chi connectivity index (χ0n) is 15.9. The maximum absolute atomic E-state index is 12.4. The fourth-order valence-electron chi connectivity index (χ4n) is 3.40.